The molecule has 0 aliphatic carbocycles. The highest BCUT2D eigenvalue weighted by atomic mass is 19.4. The summed E-state index contributed by atoms with van der Waals surface area (Å²) in [7, 11) is 0. The number of nitrogens with zero attached hydrogens (tertiary/aromatic N) is 1. The maximum Gasteiger partial charge on any atom is 0.391 e. The van der Waals surface area contributed by atoms with E-state index in [-0.39, 0.29) is 11.1 Å². The number of unbranched alkanes of at least 4 members (excludes halogenated alkanes) is 1. The van der Waals surface area contributed by atoms with E-state index in [9.17, 15) is 13.2 Å². The first-order valence-electron chi connectivity index (χ1n) is 8.02. The van der Waals surface area contributed by atoms with E-state index in [1.165, 1.54) is 0 Å². The van der Waals surface area contributed by atoms with Gasteiger partial charge < -0.3 is 0 Å². The van der Waals surface area contributed by atoms with Crippen molar-refractivity contribution >= 4 is 0 Å². The van der Waals surface area contributed by atoms with Crippen LogP contribution in [0.25, 0.3) is 0 Å². The van der Waals surface area contributed by atoms with E-state index in [1.54, 1.807) is 0 Å². The molecule has 1 saturated heterocycles. The summed E-state index contributed by atoms with van der Waals surface area (Å²) in [6.45, 7) is 10.2. The second-order valence-electron chi connectivity index (χ2n) is 7.46. The van der Waals surface area contributed by atoms with Gasteiger partial charge in [-0.3, -0.25) is 4.84 Å². The van der Waals surface area contributed by atoms with E-state index in [1.807, 2.05) is 12.0 Å². The molecule has 1 fully saturated rings. The van der Waals surface area contributed by atoms with E-state index in [4.69, 9.17) is 4.84 Å². The third kappa shape index (κ3) is 5.78. The summed E-state index contributed by atoms with van der Waals surface area (Å²) in [6, 6.07) is 0. The molecule has 0 aromatic heterocycles. The molecular formula is C16H30F3NO. The smallest absolute Gasteiger partial charge is 0.294 e. The molecule has 21 heavy (non-hydrogen) atoms. The fourth-order valence-electron chi connectivity index (χ4n) is 3.29. The Morgan fingerprint density at radius 2 is 1.62 bits per heavy atom. The number of rotatable bonds is 6. The lowest BCUT2D eigenvalue weighted by atomic mass is 9.82. The molecule has 0 spiro atoms. The van der Waals surface area contributed by atoms with E-state index in [0.29, 0.717) is 6.42 Å². The quantitative estimate of drug-likeness (QED) is 0.645. The highest BCUT2D eigenvalue weighted by Gasteiger charge is 2.44. The largest absolute Gasteiger partial charge is 0.391 e. The van der Waals surface area contributed by atoms with Gasteiger partial charge in [0.15, 0.2) is 0 Å². The second-order valence-corrected chi connectivity index (χ2v) is 7.46. The predicted octanol–water partition coefficient (Wildman–Crippen LogP) is 5.47. The van der Waals surface area contributed by atoms with E-state index >= 15 is 0 Å². The summed E-state index contributed by atoms with van der Waals surface area (Å²) in [5, 5.41) is 1.84. The lowest BCUT2D eigenvalue weighted by molar-refractivity contribution is -0.317. The van der Waals surface area contributed by atoms with Crippen LogP contribution in [0.1, 0.15) is 79.6 Å². The maximum atomic E-state index is 12.8. The molecule has 0 N–H and O–H groups in total. The monoisotopic (exact) mass is 309 g/mol. The molecule has 2 nitrogen and oxygen atoms in total. The molecule has 0 radical (unpaired) electrons. The highest BCUT2D eigenvalue weighted by molar-refractivity contribution is 4.93. The SMILES string of the molecule is CCCCC(CC(F)(F)F)ON1C(C)(C)CCCC1(C)C. The molecular weight excluding hydrogens is 279 g/mol. The van der Waals surface area contributed by atoms with Crippen molar-refractivity contribution in [1.29, 1.82) is 0 Å². The van der Waals surface area contributed by atoms with Crippen molar-refractivity contribution in [3.63, 3.8) is 0 Å². The third-order valence-electron chi connectivity index (χ3n) is 4.27. The molecule has 1 rings (SSSR count). The van der Waals surface area contributed by atoms with Gasteiger partial charge in [-0.05, 0) is 53.4 Å². The summed E-state index contributed by atoms with van der Waals surface area (Å²) in [4.78, 5) is 5.91. The van der Waals surface area contributed by atoms with Gasteiger partial charge in [0.25, 0.3) is 0 Å². The first-order chi connectivity index (χ1) is 9.48. The van der Waals surface area contributed by atoms with Gasteiger partial charge in [-0.1, -0.05) is 19.8 Å². The molecule has 1 aliphatic heterocycles. The van der Waals surface area contributed by atoms with Crippen LogP contribution in [0.2, 0.25) is 0 Å². The molecule has 0 aromatic carbocycles. The van der Waals surface area contributed by atoms with Crippen LogP contribution < -0.4 is 0 Å². The van der Waals surface area contributed by atoms with Gasteiger partial charge in [0.2, 0.25) is 0 Å². The van der Waals surface area contributed by atoms with Gasteiger partial charge >= 0.3 is 6.18 Å². The number of hydrogen-bond acceptors (Lipinski definition) is 2. The average Bonchev–Trinajstić information content (AvgIpc) is 2.28. The number of piperidine rings is 1. The predicted molar refractivity (Wildman–Crippen MR) is 78.9 cm³/mol. The first-order valence-corrected chi connectivity index (χ1v) is 8.02. The zero-order valence-electron chi connectivity index (χ0n) is 14.0. The van der Waals surface area contributed by atoms with Crippen LogP contribution in [0, 0.1) is 0 Å². The average molecular weight is 309 g/mol. The summed E-state index contributed by atoms with van der Waals surface area (Å²) < 4.78 is 38.3. The van der Waals surface area contributed by atoms with Crippen LogP contribution in [0.15, 0.2) is 0 Å². The Kier molecular flexibility index (Phi) is 6.13. The van der Waals surface area contributed by atoms with Gasteiger partial charge in [0, 0.05) is 11.1 Å². The molecule has 1 heterocycles. The molecule has 0 aromatic rings. The Labute approximate surface area is 127 Å². The Morgan fingerprint density at radius 3 is 2.05 bits per heavy atom. The minimum Gasteiger partial charge on any atom is -0.294 e. The summed E-state index contributed by atoms with van der Waals surface area (Å²) in [5.74, 6) is 0. The fraction of sp³-hybridized carbons (Fsp3) is 1.00. The number of halogens is 3. The van der Waals surface area contributed by atoms with E-state index < -0.39 is 18.7 Å². The standard InChI is InChI=1S/C16H30F3NO/c1-6-7-9-13(12-16(17,18)19)21-20-14(2,3)10-8-11-15(20,4)5/h13H,6-12H2,1-5H3. The molecule has 1 atom stereocenters. The second kappa shape index (κ2) is 6.86. The van der Waals surface area contributed by atoms with Crippen molar-refractivity contribution in [2.75, 3.05) is 0 Å². The maximum absolute atomic E-state index is 12.8. The Hall–Kier alpha value is -0.290. The Morgan fingerprint density at radius 1 is 1.10 bits per heavy atom. The minimum atomic E-state index is -4.18. The van der Waals surface area contributed by atoms with Crippen LogP contribution in [0.4, 0.5) is 13.2 Å². The van der Waals surface area contributed by atoms with Crippen molar-refractivity contribution in [1.82, 2.24) is 5.06 Å². The normalized spacial score (nSPS) is 24.0. The molecule has 126 valence electrons. The third-order valence-corrected chi connectivity index (χ3v) is 4.27. The summed E-state index contributed by atoms with van der Waals surface area (Å²) in [5.41, 5.74) is -0.449. The van der Waals surface area contributed by atoms with Crippen LogP contribution in [0.5, 0.6) is 0 Å². The van der Waals surface area contributed by atoms with E-state index in [2.05, 4.69) is 27.7 Å². The molecule has 0 amide bonds. The van der Waals surface area contributed by atoms with Gasteiger partial charge in [0.1, 0.15) is 0 Å². The summed E-state index contributed by atoms with van der Waals surface area (Å²) >= 11 is 0. The zero-order chi connectivity index (χ0) is 16.3. The molecule has 5 heteroatoms. The van der Waals surface area contributed by atoms with Crippen LogP contribution in [0.3, 0.4) is 0 Å². The van der Waals surface area contributed by atoms with Gasteiger partial charge in [0.05, 0.1) is 12.5 Å². The number of alkyl halides is 3. The minimum absolute atomic E-state index is 0.224. The molecule has 1 aliphatic rings. The lowest BCUT2D eigenvalue weighted by Crippen LogP contribution is -2.59. The molecule has 0 saturated carbocycles. The van der Waals surface area contributed by atoms with Crippen molar-refractivity contribution in [3.05, 3.63) is 0 Å². The first kappa shape index (κ1) is 18.8. The zero-order valence-corrected chi connectivity index (χ0v) is 14.0. The van der Waals surface area contributed by atoms with Gasteiger partial charge in [-0.15, -0.1) is 0 Å². The van der Waals surface area contributed by atoms with Crippen LogP contribution >= 0.6 is 0 Å². The molecule has 0 bridgehead atoms. The fourth-order valence-corrected chi connectivity index (χ4v) is 3.29. The van der Waals surface area contributed by atoms with Crippen LogP contribution in [-0.4, -0.2) is 28.4 Å². The Bertz CT molecular complexity index is 310. The van der Waals surface area contributed by atoms with E-state index in [0.717, 1.165) is 32.1 Å². The number of hydroxylamine groups is 2. The topological polar surface area (TPSA) is 12.5 Å². The van der Waals surface area contributed by atoms with Crippen molar-refractivity contribution in [2.24, 2.45) is 0 Å². The van der Waals surface area contributed by atoms with Crippen LogP contribution in [-0.2, 0) is 4.84 Å². The van der Waals surface area contributed by atoms with Gasteiger partial charge in [-0.2, -0.15) is 18.2 Å². The summed E-state index contributed by atoms with van der Waals surface area (Å²) in [6.07, 6.45) is -0.747. The Balaban J connectivity index is 2.83. The van der Waals surface area contributed by atoms with Crippen molar-refractivity contribution in [3.8, 4) is 0 Å². The van der Waals surface area contributed by atoms with Gasteiger partial charge in [-0.25, -0.2) is 0 Å². The lowest BCUT2D eigenvalue weighted by Gasteiger charge is -2.52. The number of hydrogen-bond donors (Lipinski definition) is 0. The van der Waals surface area contributed by atoms with Crippen molar-refractivity contribution < 1.29 is 18.0 Å². The highest BCUT2D eigenvalue weighted by Crippen LogP contribution is 2.40. The molecule has 1 unspecified atom stereocenters. The van der Waals surface area contributed by atoms with Crippen molar-refractivity contribution in [2.45, 2.75) is 103 Å².